The summed E-state index contributed by atoms with van der Waals surface area (Å²) in [6.07, 6.45) is 0. The van der Waals surface area contributed by atoms with E-state index in [-0.39, 0.29) is 18.4 Å². The summed E-state index contributed by atoms with van der Waals surface area (Å²) in [7, 11) is 0. The highest BCUT2D eigenvalue weighted by Gasteiger charge is 2.22. The first-order chi connectivity index (χ1) is 17.3. The summed E-state index contributed by atoms with van der Waals surface area (Å²) in [6, 6.07) is 23.1. The molecule has 4 rings (SSSR count). The Balaban J connectivity index is 1.55. The lowest BCUT2D eigenvalue weighted by atomic mass is 10.1. The van der Waals surface area contributed by atoms with Crippen molar-refractivity contribution < 1.29 is 14.0 Å². The topological polar surface area (TPSA) is 79.3 Å². The zero-order valence-corrected chi connectivity index (χ0v) is 20.5. The predicted molar refractivity (Wildman–Crippen MR) is 140 cm³/mol. The van der Waals surface area contributed by atoms with Gasteiger partial charge in [0, 0.05) is 28.4 Å². The number of nitrogens with zero attached hydrogens (tertiary/aromatic N) is 3. The first-order valence-corrected chi connectivity index (χ1v) is 11.7. The van der Waals surface area contributed by atoms with Gasteiger partial charge in [-0.2, -0.15) is 5.10 Å². The number of benzene rings is 3. The van der Waals surface area contributed by atoms with Gasteiger partial charge in [-0.05, 0) is 62.4 Å². The Morgan fingerprint density at radius 3 is 2.28 bits per heavy atom. The molecule has 184 valence electrons. The van der Waals surface area contributed by atoms with E-state index >= 15 is 0 Å². The number of rotatable bonds is 7. The van der Waals surface area contributed by atoms with Crippen LogP contribution in [0.2, 0.25) is 5.02 Å². The second-order valence-electron chi connectivity index (χ2n) is 8.38. The van der Waals surface area contributed by atoms with Crippen LogP contribution in [0, 0.1) is 5.82 Å². The number of nitrogens with one attached hydrogen (secondary N) is 2. The molecule has 36 heavy (non-hydrogen) atoms. The molecule has 7 nitrogen and oxygen atoms in total. The fraction of sp³-hybridized carbons (Fsp3) is 0.148. The maximum absolute atomic E-state index is 13.5. The molecule has 0 spiro atoms. The van der Waals surface area contributed by atoms with Crippen molar-refractivity contribution in [1.82, 2.24) is 14.7 Å². The lowest BCUT2D eigenvalue weighted by molar-refractivity contribution is -0.117. The number of urea groups is 1. The van der Waals surface area contributed by atoms with E-state index in [1.165, 1.54) is 21.7 Å². The van der Waals surface area contributed by atoms with Gasteiger partial charge in [0.15, 0.2) is 0 Å². The zero-order valence-electron chi connectivity index (χ0n) is 19.8. The van der Waals surface area contributed by atoms with E-state index in [1.54, 1.807) is 42.5 Å². The van der Waals surface area contributed by atoms with Gasteiger partial charge in [-0.15, -0.1) is 0 Å². The number of aromatic nitrogens is 2. The zero-order chi connectivity index (χ0) is 25.7. The van der Waals surface area contributed by atoms with Gasteiger partial charge in [-0.3, -0.25) is 4.79 Å². The molecule has 9 heteroatoms. The van der Waals surface area contributed by atoms with Crippen LogP contribution < -0.4 is 10.6 Å². The van der Waals surface area contributed by atoms with Crippen LogP contribution in [0.3, 0.4) is 0 Å². The Morgan fingerprint density at radius 1 is 0.972 bits per heavy atom. The molecule has 0 aliphatic heterocycles. The fourth-order valence-corrected chi connectivity index (χ4v) is 3.68. The summed E-state index contributed by atoms with van der Waals surface area (Å²) in [5.41, 5.74) is 2.64. The molecular formula is C27H25ClFN5O2. The number of anilines is 2. The third-order valence-electron chi connectivity index (χ3n) is 5.41. The van der Waals surface area contributed by atoms with Gasteiger partial charge in [0.1, 0.15) is 18.2 Å². The van der Waals surface area contributed by atoms with E-state index in [1.807, 2.05) is 44.2 Å². The summed E-state index contributed by atoms with van der Waals surface area (Å²) in [4.78, 5) is 27.4. The monoisotopic (exact) mass is 505 g/mol. The van der Waals surface area contributed by atoms with Gasteiger partial charge in [-0.1, -0.05) is 41.9 Å². The molecule has 0 aliphatic rings. The molecule has 0 unspecified atom stereocenters. The van der Waals surface area contributed by atoms with Crippen LogP contribution in [0.1, 0.15) is 13.8 Å². The van der Waals surface area contributed by atoms with Gasteiger partial charge in [-0.25, -0.2) is 13.9 Å². The summed E-state index contributed by atoms with van der Waals surface area (Å²) in [5, 5.41) is 10.8. The van der Waals surface area contributed by atoms with Gasteiger partial charge in [0.2, 0.25) is 5.91 Å². The third kappa shape index (κ3) is 6.09. The van der Waals surface area contributed by atoms with Crippen molar-refractivity contribution >= 4 is 35.0 Å². The lowest BCUT2D eigenvalue weighted by Gasteiger charge is -2.26. The average Bonchev–Trinajstić information content (AvgIpc) is 3.28. The maximum Gasteiger partial charge on any atom is 0.322 e. The SMILES string of the molecule is CC(C)N(CC(=O)Nc1cc(-c2ccccc2)nn1-c1ccc(F)cc1)C(=O)Nc1ccc(Cl)cc1. The Labute approximate surface area is 213 Å². The third-order valence-corrected chi connectivity index (χ3v) is 5.66. The molecule has 1 aromatic heterocycles. The minimum absolute atomic E-state index is 0.188. The van der Waals surface area contributed by atoms with Crippen molar-refractivity contribution in [2.24, 2.45) is 0 Å². The van der Waals surface area contributed by atoms with Crippen LogP contribution in [0.15, 0.2) is 84.9 Å². The highest BCUT2D eigenvalue weighted by atomic mass is 35.5. The first kappa shape index (κ1) is 24.9. The van der Waals surface area contributed by atoms with Gasteiger partial charge in [0.05, 0.1) is 11.4 Å². The van der Waals surface area contributed by atoms with Crippen molar-refractivity contribution in [3.8, 4) is 16.9 Å². The number of hydrogen-bond acceptors (Lipinski definition) is 3. The van der Waals surface area contributed by atoms with E-state index in [0.717, 1.165) is 5.56 Å². The Morgan fingerprint density at radius 2 is 1.64 bits per heavy atom. The summed E-state index contributed by atoms with van der Waals surface area (Å²) >= 11 is 5.91. The quantitative estimate of drug-likeness (QED) is 0.313. The van der Waals surface area contributed by atoms with Gasteiger partial charge in [0.25, 0.3) is 0 Å². The molecule has 3 amide bonds. The molecule has 0 aliphatic carbocycles. The highest BCUT2D eigenvalue weighted by molar-refractivity contribution is 6.30. The highest BCUT2D eigenvalue weighted by Crippen LogP contribution is 2.25. The average molecular weight is 506 g/mol. The maximum atomic E-state index is 13.5. The van der Waals surface area contributed by atoms with Crippen molar-refractivity contribution in [1.29, 1.82) is 0 Å². The Hall–Kier alpha value is -4.17. The van der Waals surface area contributed by atoms with E-state index in [0.29, 0.717) is 27.9 Å². The van der Waals surface area contributed by atoms with E-state index < -0.39 is 11.9 Å². The normalized spacial score (nSPS) is 10.8. The minimum atomic E-state index is -0.417. The molecule has 2 N–H and O–H groups in total. The summed E-state index contributed by atoms with van der Waals surface area (Å²) in [6.45, 7) is 3.46. The standard InChI is InChI=1S/C27H25ClFN5O2/c1-18(2)33(27(36)30-22-12-8-20(28)9-13-22)17-26(35)31-25-16-24(19-6-4-3-5-7-19)32-34(25)23-14-10-21(29)11-15-23/h3-16,18H,17H2,1-2H3,(H,30,36)(H,31,35). The first-order valence-electron chi connectivity index (χ1n) is 11.3. The van der Waals surface area contributed by atoms with Crippen LogP contribution in [-0.4, -0.2) is 39.2 Å². The number of carbonyl (C=O) groups is 2. The predicted octanol–water partition coefficient (Wildman–Crippen LogP) is 6.21. The Kier molecular flexibility index (Phi) is 7.65. The molecule has 0 bridgehead atoms. The summed E-state index contributed by atoms with van der Waals surface area (Å²) < 4.78 is 15.0. The Bertz CT molecular complexity index is 1340. The molecule has 0 saturated heterocycles. The van der Waals surface area contributed by atoms with Crippen molar-refractivity contribution in [2.75, 3.05) is 17.2 Å². The number of halogens is 2. The second-order valence-corrected chi connectivity index (χ2v) is 8.81. The van der Waals surface area contributed by atoms with Gasteiger partial charge >= 0.3 is 6.03 Å². The summed E-state index contributed by atoms with van der Waals surface area (Å²) in [5.74, 6) is -0.385. The van der Waals surface area contributed by atoms with Crippen LogP contribution >= 0.6 is 11.6 Å². The molecule has 0 fully saturated rings. The van der Waals surface area contributed by atoms with E-state index in [4.69, 9.17) is 11.6 Å². The van der Waals surface area contributed by atoms with Crippen LogP contribution in [0.4, 0.5) is 20.7 Å². The molecule has 3 aromatic carbocycles. The minimum Gasteiger partial charge on any atom is -0.313 e. The van der Waals surface area contributed by atoms with Crippen molar-refractivity contribution in [3.05, 3.63) is 95.8 Å². The molecule has 0 atom stereocenters. The molecule has 0 radical (unpaired) electrons. The molecular weight excluding hydrogens is 481 g/mol. The number of hydrogen-bond donors (Lipinski definition) is 2. The molecule has 0 saturated carbocycles. The van der Waals surface area contributed by atoms with Crippen LogP contribution in [0.5, 0.6) is 0 Å². The largest absolute Gasteiger partial charge is 0.322 e. The molecule has 4 aromatic rings. The van der Waals surface area contributed by atoms with E-state index in [2.05, 4.69) is 15.7 Å². The van der Waals surface area contributed by atoms with E-state index in [9.17, 15) is 14.0 Å². The van der Waals surface area contributed by atoms with Crippen LogP contribution in [0.25, 0.3) is 16.9 Å². The second kappa shape index (κ2) is 11.0. The molecule has 1 heterocycles. The van der Waals surface area contributed by atoms with Crippen LogP contribution in [-0.2, 0) is 4.79 Å². The smallest absolute Gasteiger partial charge is 0.313 e. The number of amides is 3. The van der Waals surface area contributed by atoms with Crippen molar-refractivity contribution in [3.63, 3.8) is 0 Å². The van der Waals surface area contributed by atoms with Gasteiger partial charge < -0.3 is 15.5 Å². The number of carbonyl (C=O) groups excluding carboxylic acids is 2. The van der Waals surface area contributed by atoms with Crippen molar-refractivity contribution in [2.45, 2.75) is 19.9 Å². The lowest BCUT2D eigenvalue weighted by Crippen LogP contribution is -2.44. The fourth-order valence-electron chi connectivity index (χ4n) is 3.55.